The molecule has 3 heteroatoms. The molecule has 3 nitrogen and oxygen atoms in total. The van der Waals surface area contributed by atoms with Gasteiger partial charge in [-0.3, -0.25) is 0 Å². The van der Waals surface area contributed by atoms with Crippen molar-refractivity contribution in [2.45, 2.75) is 51.7 Å². The van der Waals surface area contributed by atoms with Gasteiger partial charge in [-0.05, 0) is 36.5 Å². The lowest BCUT2D eigenvalue weighted by molar-refractivity contribution is 0.00171. The van der Waals surface area contributed by atoms with Crippen molar-refractivity contribution in [3.63, 3.8) is 0 Å². The van der Waals surface area contributed by atoms with Crippen LogP contribution in [0.4, 0.5) is 0 Å². The Morgan fingerprint density at radius 1 is 1.35 bits per heavy atom. The molecule has 2 unspecified atom stereocenters. The predicted octanol–water partition coefficient (Wildman–Crippen LogP) is 4.05. The van der Waals surface area contributed by atoms with E-state index in [1.807, 2.05) is 12.1 Å². The second-order valence-corrected chi connectivity index (χ2v) is 5.52. The Balaban J connectivity index is 1.92. The van der Waals surface area contributed by atoms with Crippen molar-refractivity contribution < 1.29 is 9.47 Å². The average molecular weight is 273 g/mol. The van der Waals surface area contributed by atoms with Crippen molar-refractivity contribution >= 4 is 0 Å². The van der Waals surface area contributed by atoms with Gasteiger partial charge < -0.3 is 9.47 Å². The van der Waals surface area contributed by atoms with Gasteiger partial charge in [0.05, 0.1) is 25.4 Å². The molecule has 0 N–H and O–H groups in total. The Bertz CT molecular complexity index is 478. The van der Waals surface area contributed by atoms with E-state index in [1.54, 1.807) is 13.2 Å². The zero-order valence-corrected chi connectivity index (χ0v) is 12.4. The first-order valence-corrected chi connectivity index (χ1v) is 7.45. The molecule has 1 saturated carbocycles. The second-order valence-electron chi connectivity index (χ2n) is 5.52. The highest BCUT2D eigenvalue weighted by molar-refractivity contribution is 5.45. The maximum absolute atomic E-state index is 8.97. The van der Waals surface area contributed by atoms with Crippen LogP contribution in [0.15, 0.2) is 18.2 Å². The second kappa shape index (κ2) is 7.31. The van der Waals surface area contributed by atoms with Gasteiger partial charge in [0.15, 0.2) is 0 Å². The van der Waals surface area contributed by atoms with Crippen LogP contribution < -0.4 is 4.74 Å². The van der Waals surface area contributed by atoms with Crippen LogP contribution in [0.5, 0.6) is 5.75 Å². The third-order valence-corrected chi connectivity index (χ3v) is 4.18. The Morgan fingerprint density at radius 2 is 2.20 bits per heavy atom. The normalized spacial score (nSPS) is 22.2. The molecule has 20 heavy (non-hydrogen) atoms. The zero-order valence-electron chi connectivity index (χ0n) is 12.4. The van der Waals surface area contributed by atoms with Crippen molar-refractivity contribution in [3.05, 3.63) is 29.3 Å². The minimum atomic E-state index is 0.385. The van der Waals surface area contributed by atoms with E-state index in [0.717, 1.165) is 11.5 Å². The highest BCUT2D eigenvalue weighted by atomic mass is 16.5. The van der Waals surface area contributed by atoms with Crippen molar-refractivity contribution in [2.75, 3.05) is 7.11 Å². The lowest BCUT2D eigenvalue weighted by atomic mass is 9.85. The van der Waals surface area contributed by atoms with Crippen LogP contribution in [0.1, 0.15) is 50.2 Å². The van der Waals surface area contributed by atoms with E-state index in [-0.39, 0.29) is 0 Å². The molecule has 0 heterocycles. The number of nitriles is 1. The van der Waals surface area contributed by atoms with Gasteiger partial charge in [-0.2, -0.15) is 5.26 Å². The molecule has 0 radical (unpaired) electrons. The molecule has 1 fully saturated rings. The molecule has 0 saturated heterocycles. The van der Waals surface area contributed by atoms with Gasteiger partial charge in [0.2, 0.25) is 0 Å². The summed E-state index contributed by atoms with van der Waals surface area (Å²) in [4.78, 5) is 0. The standard InChI is InChI=1S/C17H23NO2/c1-3-13-5-4-6-16(9-13)20-12-14-7-8-15(11-18)17(10-14)19-2/h7-8,10,13,16H,3-6,9,12H2,1-2H3. The van der Waals surface area contributed by atoms with Gasteiger partial charge in [-0.25, -0.2) is 0 Å². The average Bonchev–Trinajstić information content (AvgIpc) is 2.52. The van der Waals surface area contributed by atoms with Crippen LogP contribution >= 0.6 is 0 Å². The lowest BCUT2D eigenvalue weighted by Gasteiger charge is -2.28. The minimum absolute atomic E-state index is 0.385. The van der Waals surface area contributed by atoms with E-state index in [4.69, 9.17) is 14.7 Å². The van der Waals surface area contributed by atoms with Gasteiger partial charge in [0, 0.05) is 0 Å². The maximum Gasteiger partial charge on any atom is 0.136 e. The van der Waals surface area contributed by atoms with Crippen LogP contribution in [0.2, 0.25) is 0 Å². The molecule has 0 bridgehead atoms. The first-order chi connectivity index (χ1) is 9.76. The molecule has 108 valence electrons. The molecule has 1 aromatic carbocycles. The SMILES string of the molecule is CCC1CCCC(OCc2ccc(C#N)c(OC)c2)C1. The highest BCUT2D eigenvalue weighted by Crippen LogP contribution is 2.29. The number of benzene rings is 1. The number of nitrogens with zero attached hydrogens (tertiary/aromatic N) is 1. The highest BCUT2D eigenvalue weighted by Gasteiger charge is 2.21. The number of ether oxygens (including phenoxy) is 2. The van der Waals surface area contributed by atoms with E-state index < -0.39 is 0 Å². The quantitative estimate of drug-likeness (QED) is 0.812. The molecular formula is C17H23NO2. The summed E-state index contributed by atoms with van der Waals surface area (Å²) in [5, 5.41) is 8.97. The Labute approximate surface area is 121 Å². The molecule has 0 amide bonds. The first-order valence-electron chi connectivity index (χ1n) is 7.45. The molecule has 0 aliphatic heterocycles. The Morgan fingerprint density at radius 3 is 2.90 bits per heavy atom. The van der Waals surface area contributed by atoms with Gasteiger partial charge in [0.1, 0.15) is 11.8 Å². The fraction of sp³-hybridized carbons (Fsp3) is 0.588. The van der Waals surface area contributed by atoms with E-state index in [2.05, 4.69) is 13.0 Å². The predicted molar refractivity (Wildman–Crippen MR) is 78.5 cm³/mol. The molecule has 1 aromatic rings. The van der Waals surface area contributed by atoms with E-state index in [1.165, 1.54) is 32.1 Å². The summed E-state index contributed by atoms with van der Waals surface area (Å²) < 4.78 is 11.3. The summed E-state index contributed by atoms with van der Waals surface area (Å²) in [5.74, 6) is 1.45. The zero-order chi connectivity index (χ0) is 14.4. The Kier molecular flexibility index (Phi) is 5.43. The van der Waals surface area contributed by atoms with Crippen LogP contribution in [-0.2, 0) is 11.3 Å². The van der Waals surface area contributed by atoms with Crippen LogP contribution in [0.3, 0.4) is 0 Å². The van der Waals surface area contributed by atoms with Gasteiger partial charge in [-0.15, -0.1) is 0 Å². The molecule has 2 atom stereocenters. The number of hydrogen-bond donors (Lipinski definition) is 0. The Hall–Kier alpha value is -1.53. The van der Waals surface area contributed by atoms with E-state index in [0.29, 0.717) is 24.0 Å². The largest absolute Gasteiger partial charge is 0.495 e. The van der Waals surface area contributed by atoms with Crippen molar-refractivity contribution in [3.8, 4) is 11.8 Å². The van der Waals surface area contributed by atoms with Crippen LogP contribution in [0, 0.1) is 17.2 Å². The number of methoxy groups -OCH3 is 1. The van der Waals surface area contributed by atoms with Gasteiger partial charge in [0.25, 0.3) is 0 Å². The monoisotopic (exact) mass is 273 g/mol. The van der Waals surface area contributed by atoms with E-state index >= 15 is 0 Å². The van der Waals surface area contributed by atoms with Crippen molar-refractivity contribution in [2.24, 2.45) is 5.92 Å². The smallest absolute Gasteiger partial charge is 0.136 e. The third-order valence-electron chi connectivity index (χ3n) is 4.18. The van der Waals surface area contributed by atoms with Gasteiger partial charge >= 0.3 is 0 Å². The minimum Gasteiger partial charge on any atom is -0.495 e. The van der Waals surface area contributed by atoms with Crippen LogP contribution in [0.25, 0.3) is 0 Å². The van der Waals surface area contributed by atoms with E-state index in [9.17, 15) is 0 Å². The summed E-state index contributed by atoms with van der Waals surface area (Å²) >= 11 is 0. The molecule has 0 aromatic heterocycles. The summed E-state index contributed by atoms with van der Waals surface area (Å²) in [6, 6.07) is 7.77. The molecule has 1 aliphatic carbocycles. The molecular weight excluding hydrogens is 250 g/mol. The third kappa shape index (κ3) is 3.74. The van der Waals surface area contributed by atoms with Crippen LogP contribution in [-0.4, -0.2) is 13.2 Å². The van der Waals surface area contributed by atoms with Crippen molar-refractivity contribution in [1.82, 2.24) is 0 Å². The summed E-state index contributed by atoms with van der Waals surface area (Å²) in [5.41, 5.74) is 1.64. The molecule has 0 spiro atoms. The maximum atomic E-state index is 8.97. The first kappa shape index (κ1) is 14.9. The fourth-order valence-corrected chi connectivity index (χ4v) is 2.90. The van der Waals surface area contributed by atoms with Crippen molar-refractivity contribution in [1.29, 1.82) is 5.26 Å². The summed E-state index contributed by atoms with van der Waals surface area (Å²) in [6.07, 6.45) is 6.62. The van der Waals surface area contributed by atoms with Gasteiger partial charge in [-0.1, -0.05) is 32.3 Å². The fourth-order valence-electron chi connectivity index (χ4n) is 2.90. The molecule has 2 rings (SSSR count). The lowest BCUT2D eigenvalue weighted by Crippen LogP contribution is -2.22. The summed E-state index contributed by atoms with van der Waals surface area (Å²) in [7, 11) is 1.59. The number of rotatable bonds is 5. The topological polar surface area (TPSA) is 42.2 Å². The summed E-state index contributed by atoms with van der Waals surface area (Å²) in [6.45, 7) is 2.86. The number of hydrogen-bond acceptors (Lipinski definition) is 3. The molecule has 1 aliphatic rings.